The molecule has 1 unspecified atom stereocenters. The van der Waals surface area contributed by atoms with Crippen LogP contribution in [0.15, 0.2) is 85.0 Å². The Labute approximate surface area is 136 Å². The Hall–Kier alpha value is -3.12. The highest BCUT2D eigenvalue weighted by Crippen LogP contribution is 2.34. The van der Waals surface area contributed by atoms with Crippen LogP contribution in [0.1, 0.15) is 12.5 Å². The van der Waals surface area contributed by atoms with Gasteiger partial charge in [-0.3, -0.25) is 0 Å². The van der Waals surface area contributed by atoms with Crippen LogP contribution in [0.4, 0.5) is 0 Å². The number of carboxylic acid groups (broad SMARTS) is 1. The van der Waals surface area contributed by atoms with E-state index in [0.717, 1.165) is 5.56 Å². The number of carboxylic acids is 1. The average Bonchev–Trinajstić information content (AvgIpc) is 2.57. The van der Waals surface area contributed by atoms with Gasteiger partial charge in [0, 0.05) is 6.08 Å². The summed E-state index contributed by atoms with van der Waals surface area (Å²) in [5.74, 6) is -1.04. The molecule has 23 heavy (non-hydrogen) atoms. The molecule has 0 aliphatic carbocycles. The Kier molecular flexibility index (Phi) is 7.03. The number of nitrogens with zero attached hydrogens (tertiary/aromatic N) is 1. The summed E-state index contributed by atoms with van der Waals surface area (Å²) in [5.41, 5.74) is 0.0738. The second kappa shape index (κ2) is 9.01. The average molecular weight is 305 g/mol. The van der Waals surface area contributed by atoms with Gasteiger partial charge in [0.15, 0.2) is 0 Å². The number of hydrogen-bond donors (Lipinski definition) is 1. The number of aliphatic carboxylic acids is 1. The van der Waals surface area contributed by atoms with Crippen LogP contribution in [-0.2, 0) is 4.79 Å². The van der Waals surface area contributed by atoms with Crippen molar-refractivity contribution < 1.29 is 9.90 Å². The van der Waals surface area contributed by atoms with E-state index in [1.54, 1.807) is 37.3 Å². The number of rotatable bonds is 7. The van der Waals surface area contributed by atoms with Crippen LogP contribution in [0.3, 0.4) is 0 Å². The molecule has 1 N–H and O–H groups in total. The predicted octanol–water partition coefficient (Wildman–Crippen LogP) is 4.54. The van der Waals surface area contributed by atoms with Gasteiger partial charge in [0.25, 0.3) is 0 Å². The van der Waals surface area contributed by atoms with Gasteiger partial charge >= 0.3 is 5.97 Å². The van der Waals surface area contributed by atoms with Crippen LogP contribution in [0.2, 0.25) is 0 Å². The van der Waals surface area contributed by atoms with E-state index in [0.29, 0.717) is 0 Å². The fraction of sp³-hybridized carbons (Fsp3) is 0.100. The van der Waals surface area contributed by atoms with Gasteiger partial charge in [0.1, 0.15) is 0 Å². The number of benzene rings is 1. The zero-order chi connectivity index (χ0) is 17.1. The molecule has 0 saturated carbocycles. The van der Waals surface area contributed by atoms with E-state index in [9.17, 15) is 9.90 Å². The molecule has 0 amide bonds. The third kappa shape index (κ3) is 4.98. The van der Waals surface area contributed by atoms with E-state index in [4.69, 9.17) is 5.26 Å². The van der Waals surface area contributed by atoms with Crippen molar-refractivity contribution in [2.45, 2.75) is 6.92 Å². The fourth-order valence-corrected chi connectivity index (χ4v) is 2.20. The molecule has 0 bridgehead atoms. The molecule has 0 saturated heterocycles. The van der Waals surface area contributed by atoms with Gasteiger partial charge in [-0.2, -0.15) is 5.26 Å². The lowest BCUT2D eigenvalue weighted by Gasteiger charge is -2.24. The van der Waals surface area contributed by atoms with Crippen molar-refractivity contribution in [2.75, 3.05) is 0 Å². The third-order valence-electron chi connectivity index (χ3n) is 3.28. The number of allylic oxidation sites excluding steroid dienone is 7. The summed E-state index contributed by atoms with van der Waals surface area (Å²) < 4.78 is 0. The SMILES string of the molecule is C=CC=CC(C=CC#N)(C=Cc1ccccc1)C(=CC)C(=O)O. The first kappa shape index (κ1) is 17.9. The van der Waals surface area contributed by atoms with Crippen molar-refractivity contribution in [3.63, 3.8) is 0 Å². The minimum atomic E-state index is -1.04. The smallest absolute Gasteiger partial charge is 0.332 e. The van der Waals surface area contributed by atoms with Gasteiger partial charge in [-0.15, -0.1) is 0 Å². The molecule has 0 aromatic heterocycles. The Bertz CT molecular complexity index is 703. The normalized spacial score (nSPS) is 14.9. The van der Waals surface area contributed by atoms with Crippen LogP contribution >= 0.6 is 0 Å². The predicted molar refractivity (Wildman–Crippen MR) is 93.4 cm³/mol. The second-order valence-electron chi connectivity index (χ2n) is 4.74. The van der Waals surface area contributed by atoms with Gasteiger partial charge in [-0.1, -0.05) is 79.4 Å². The molecular weight excluding hydrogens is 286 g/mol. The van der Waals surface area contributed by atoms with Gasteiger partial charge < -0.3 is 5.11 Å². The lowest BCUT2D eigenvalue weighted by Crippen LogP contribution is -2.21. The molecular formula is C20H19NO2. The highest BCUT2D eigenvalue weighted by Gasteiger charge is 2.30. The maximum absolute atomic E-state index is 11.6. The minimum absolute atomic E-state index is 0.161. The van der Waals surface area contributed by atoms with Crippen molar-refractivity contribution in [1.82, 2.24) is 0 Å². The Morgan fingerprint density at radius 3 is 2.48 bits per heavy atom. The topological polar surface area (TPSA) is 61.1 Å². The zero-order valence-electron chi connectivity index (χ0n) is 13.0. The summed E-state index contributed by atoms with van der Waals surface area (Å²) in [6.45, 7) is 5.29. The summed E-state index contributed by atoms with van der Waals surface area (Å²) in [6.07, 6.45) is 12.9. The van der Waals surface area contributed by atoms with E-state index in [-0.39, 0.29) is 5.57 Å². The second-order valence-corrected chi connectivity index (χ2v) is 4.74. The Balaban J connectivity index is 3.49. The summed E-state index contributed by atoms with van der Waals surface area (Å²) in [6, 6.07) is 11.5. The molecule has 0 radical (unpaired) electrons. The van der Waals surface area contributed by atoms with Crippen molar-refractivity contribution >= 4 is 12.0 Å². The molecule has 3 nitrogen and oxygen atoms in total. The van der Waals surface area contributed by atoms with Crippen LogP contribution in [0.25, 0.3) is 6.08 Å². The van der Waals surface area contributed by atoms with E-state index < -0.39 is 11.4 Å². The molecule has 1 aromatic rings. The summed E-state index contributed by atoms with van der Waals surface area (Å²) >= 11 is 0. The van der Waals surface area contributed by atoms with E-state index in [2.05, 4.69) is 6.58 Å². The first-order chi connectivity index (χ1) is 11.1. The summed E-state index contributed by atoms with van der Waals surface area (Å²) in [7, 11) is 0. The van der Waals surface area contributed by atoms with Crippen molar-refractivity contribution in [3.8, 4) is 6.07 Å². The summed E-state index contributed by atoms with van der Waals surface area (Å²) in [4.78, 5) is 11.6. The number of nitriles is 1. The highest BCUT2D eigenvalue weighted by atomic mass is 16.4. The Morgan fingerprint density at radius 2 is 1.96 bits per heavy atom. The quantitative estimate of drug-likeness (QED) is 0.457. The van der Waals surface area contributed by atoms with E-state index in [1.807, 2.05) is 42.5 Å². The van der Waals surface area contributed by atoms with Gasteiger partial charge in [-0.05, 0) is 12.5 Å². The number of carbonyl (C=O) groups is 1. The molecule has 0 spiro atoms. The Morgan fingerprint density at radius 1 is 1.26 bits per heavy atom. The monoisotopic (exact) mass is 305 g/mol. The fourth-order valence-electron chi connectivity index (χ4n) is 2.20. The molecule has 3 heteroatoms. The van der Waals surface area contributed by atoms with Crippen LogP contribution in [0, 0.1) is 16.7 Å². The summed E-state index contributed by atoms with van der Waals surface area (Å²) in [5, 5.41) is 18.4. The molecule has 0 fully saturated rings. The molecule has 1 aromatic carbocycles. The molecule has 1 atom stereocenters. The standard InChI is InChI=1S/C20H19NO2/c1-3-5-13-20(14-9-16-21,18(4-2)19(22)23)15-12-17-10-7-6-8-11-17/h3-15H,1H2,2H3,(H,22,23). The lowest BCUT2D eigenvalue weighted by molar-refractivity contribution is -0.133. The largest absolute Gasteiger partial charge is 0.478 e. The molecule has 116 valence electrons. The van der Waals surface area contributed by atoms with E-state index >= 15 is 0 Å². The first-order valence-electron chi connectivity index (χ1n) is 7.11. The third-order valence-corrected chi connectivity index (χ3v) is 3.28. The molecule has 0 heterocycles. The first-order valence-corrected chi connectivity index (χ1v) is 7.11. The zero-order valence-corrected chi connectivity index (χ0v) is 13.0. The van der Waals surface area contributed by atoms with Gasteiger partial charge in [0.05, 0.1) is 17.1 Å². The van der Waals surface area contributed by atoms with Gasteiger partial charge in [-0.25, -0.2) is 4.79 Å². The van der Waals surface area contributed by atoms with Crippen molar-refractivity contribution in [2.24, 2.45) is 5.41 Å². The highest BCUT2D eigenvalue weighted by molar-refractivity contribution is 5.90. The molecule has 0 aliphatic rings. The van der Waals surface area contributed by atoms with Crippen molar-refractivity contribution in [1.29, 1.82) is 5.26 Å². The minimum Gasteiger partial charge on any atom is -0.478 e. The molecule has 0 aliphatic heterocycles. The van der Waals surface area contributed by atoms with Crippen LogP contribution < -0.4 is 0 Å². The lowest BCUT2D eigenvalue weighted by atomic mass is 9.78. The molecule has 1 rings (SSSR count). The van der Waals surface area contributed by atoms with Crippen molar-refractivity contribution in [3.05, 3.63) is 90.6 Å². The van der Waals surface area contributed by atoms with Crippen LogP contribution in [-0.4, -0.2) is 11.1 Å². The maximum Gasteiger partial charge on any atom is 0.332 e. The number of hydrogen-bond acceptors (Lipinski definition) is 2. The van der Waals surface area contributed by atoms with Gasteiger partial charge in [0.2, 0.25) is 0 Å². The maximum atomic E-state index is 11.6. The van der Waals surface area contributed by atoms with E-state index in [1.165, 1.54) is 12.2 Å². The van der Waals surface area contributed by atoms with Crippen LogP contribution in [0.5, 0.6) is 0 Å².